The highest BCUT2D eigenvalue weighted by Crippen LogP contribution is 2.19. The molecule has 0 saturated carbocycles. The van der Waals surface area contributed by atoms with Gasteiger partial charge in [0.25, 0.3) is 0 Å². The number of unbranched alkanes of at least 4 members (excludes halogenated alkanes) is 19. The van der Waals surface area contributed by atoms with Crippen molar-refractivity contribution in [2.75, 3.05) is 17.2 Å². The first-order chi connectivity index (χ1) is 32.9. The van der Waals surface area contributed by atoms with Gasteiger partial charge in [0.05, 0.1) is 0 Å². The van der Waals surface area contributed by atoms with E-state index in [9.17, 15) is 0 Å². The van der Waals surface area contributed by atoms with Gasteiger partial charge in [-0.05, 0) is 144 Å². The minimum atomic E-state index is 0.830. The van der Waals surface area contributed by atoms with Crippen LogP contribution >= 0.6 is 0 Å². The summed E-state index contributed by atoms with van der Waals surface area (Å²) < 4.78 is 0. The highest BCUT2D eigenvalue weighted by atomic mass is 14.5. The quantitative estimate of drug-likeness (QED) is 0.0300. The summed E-state index contributed by atoms with van der Waals surface area (Å²) >= 11 is 0. The average molecular weight is 898 g/mol. The topological polar surface area (TPSA) is 78.1 Å². The standard InChI is InChI=1S/C39H50N2.C25H37N/c40-38-26-22-36(23-27-38)30-34-18-14-32(15-19-34)12-10-8-6-4-2-1-3-5-7-9-11-13-33-16-20-35(21-17-33)31-37-24-28-39(41)29-25-37;1-2-3-4-5-6-7-8-9-10-11-12-22-13-15-23(16-14-22)21-24-17-19-25(26)20-18-24/h14-29H,1-13,30-31,40-41H2;13-20H,2-12,21,26H2,1H3. The van der Waals surface area contributed by atoms with Crippen molar-refractivity contribution in [3.8, 4) is 0 Å². The first-order valence-electron chi connectivity index (χ1n) is 26.7. The first kappa shape index (κ1) is 52.7. The van der Waals surface area contributed by atoms with Crippen LogP contribution < -0.4 is 17.2 Å². The Morgan fingerprint density at radius 1 is 0.209 bits per heavy atom. The van der Waals surface area contributed by atoms with E-state index in [1.54, 1.807) is 0 Å². The van der Waals surface area contributed by atoms with E-state index in [-0.39, 0.29) is 0 Å². The Morgan fingerprint density at radius 2 is 0.373 bits per heavy atom. The summed E-state index contributed by atoms with van der Waals surface area (Å²) in [6.45, 7) is 2.29. The summed E-state index contributed by atoms with van der Waals surface area (Å²) in [7, 11) is 0. The van der Waals surface area contributed by atoms with Crippen LogP contribution in [-0.4, -0.2) is 0 Å². The maximum atomic E-state index is 5.79. The molecular weight excluding hydrogens is 811 g/mol. The molecule has 0 bridgehead atoms. The minimum Gasteiger partial charge on any atom is -0.399 e. The molecule has 0 aliphatic carbocycles. The molecule has 6 N–H and O–H groups in total. The normalized spacial score (nSPS) is 11.1. The number of benzene rings is 6. The zero-order valence-corrected chi connectivity index (χ0v) is 41.7. The van der Waals surface area contributed by atoms with E-state index in [1.807, 2.05) is 36.4 Å². The molecule has 0 saturated heterocycles. The second-order valence-corrected chi connectivity index (χ2v) is 19.5. The van der Waals surface area contributed by atoms with Crippen molar-refractivity contribution in [2.24, 2.45) is 0 Å². The highest BCUT2D eigenvalue weighted by Gasteiger charge is 2.03. The lowest BCUT2D eigenvalue weighted by atomic mass is 10.00. The van der Waals surface area contributed by atoms with E-state index in [0.29, 0.717) is 0 Å². The zero-order chi connectivity index (χ0) is 47.0. The first-order valence-corrected chi connectivity index (χ1v) is 26.7. The van der Waals surface area contributed by atoms with Gasteiger partial charge in [0.2, 0.25) is 0 Å². The van der Waals surface area contributed by atoms with Crippen molar-refractivity contribution in [3.63, 3.8) is 0 Å². The predicted molar refractivity (Wildman–Crippen MR) is 294 cm³/mol. The Morgan fingerprint density at radius 3 is 0.582 bits per heavy atom. The van der Waals surface area contributed by atoms with Gasteiger partial charge >= 0.3 is 0 Å². The molecule has 0 atom stereocenters. The van der Waals surface area contributed by atoms with Crippen molar-refractivity contribution in [3.05, 3.63) is 196 Å². The Bertz CT molecular complexity index is 2020. The molecule has 0 amide bonds. The largest absolute Gasteiger partial charge is 0.399 e. The Kier molecular flexibility index (Phi) is 25.5. The Labute approximate surface area is 408 Å². The highest BCUT2D eigenvalue weighted by molar-refractivity contribution is 5.43. The summed E-state index contributed by atoms with van der Waals surface area (Å²) in [6.07, 6.45) is 35.7. The number of aryl methyl sites for hydroxylation is 3. The number of anilines is 3. The van der Waals surface area contributed by atoms with E-state index >= 15 is 0 Å². The van der Waals surface area contributed by atoms with E-state index in [0.717, 1.165) is 36.3 Å². The van der Waals surface area contributed by atoms with Gasteiger partial charge in [0.15, 0.2) is 0 Å². The molecule has 0 heterocycles. The molecule has 3 nitrogen and oxygen atoms in total. The number of nitrogen functional groups attached to an aromatic ring is 3. The van der Waals surface area contributed by atoms with Crippen LogP contribution in [0.3, 0.4) is 0 Å². The van der Waals surface area contributed by atoms with Gasteiger partial charge in [-0.2, -0.15) is 0 Å². The third kappa shape index (κ3) is 23.3. The molecule has 0 aromatic heterocycles. The summed E-state index contributed by atoms with van der Waals surface area (Å²) in [5.41, 5.74) is 32.3. The van der Waals surface area contributed by atoms with Crippen molar-refractivity contribution < 1.29 is 0 Å². The molecule has 0 aliphatic rings. The van der Waals surface area contributed by atoms with Crippen molar-refractivity contribution in [2.45, 2.75) is 180 Å². The summed E-state index contributed by atoms with van der Waals surface area (Å²) in [6, 6.07) is 52.2. The lowest BCUT2D eigenvalue weighted by Gasteiger charge is -2.06. The van der Waals surface area contributed by atoms with Crippen LogP contribution in [-0.2, 0) is 38.5 Å². The van der Waals surface area contributed by atoms with Crippen LogP contribution in [0.4, 0.5) is 17.1 Å². The van der Waals surface area contributed by atoms with Gasteiger partial charge in [-0.3, -0.25) is 0 Å². The maximum Gasteiger partial charge on any atom is 0.0314 e. The van der Waals surface area contributed by atoms with Gasteiger partial charge in [-0.1, -0.05) is 232 Å². The van der Waals surface area contributed by atoms with Crippen LogP contribution in [0.1, 0.15) is 192 Å². The second-order valence-electron chi connectivity index (χ2n) is 19.5. The van der Waals surface area contributed by atoms with Gasteiger partial charge < -0.3 is 17.2 Å². The second kappa shape index (κ2) is 32.4. The molecule has 0 aliphatic heterocycles. The predicted octanol–water partition coefficient (Wildman–Crippen LogP) is 17.4. The van der Waals surface area contributed by atoms with Crippen molar-refractivity contribution in [1.29, 1.82) is 0 Å². The molecule has 0 unspecified atom stereocenters. The number of nitrogens with two attached hydrogens (primary N) is 3. The van der Waals surface area contributed by atoms with Gasteiger partial charge in [0.1, 0.15) is 0 Å². The lowest BCUT2D eigenvalue weighted by Crippen LogP contribution is -1.92. The smallest absolute Gasteiger partial charge is 0.0314 e. The van der Waals surface area contributed by atoms with Crippen LogP contribution in [0.25, 0.3) is 0 Å². The number of hydrogen-bond donors (Lipinski definition) is 3. The zero-order valence-electron chi connectivity index (χ0n) is 41.7. The lowest BCUT2D eigenvalue weighted by molar-refractivity contribution is 0.545. The maximum absolute atomic E-state index is 5.79. The SMILES string of the molecule is CCCCCCCCCCCCc1ccc(Cc2ccc(N)cc2)cc1.Nc1ccc(Cc2ccc(CCCCCCCCCCCCCc3ccc(Cc4ccc(N)cc4)cc3)cc2)cc1. The molecular formula is C64H87N3. The molecule has 6 aromatic rings. The van der Waals surface area contributed by atoms with Gasteiger partial charge in [0, 0.05) is 17.1 Å². The molecule has 0 radical (unpaired) electrons. The van der Waals surface area contributed by atoms with Crippen LogP contribution in [0.5, 0.6) is 0 Å². The number of hydrogen-bond acceptors (Lipinski definition) is 3. The fourth-order valence-corrected chi connectivity index (χ4v) is 9.15. The monoisotopic (exact) mass is 898 g/mol. The Hall–Kier alpha value is -5.28. The van der Waals surface area contributed by atoms with E-state index < -0.39 is 0 Å². The molecule has 0 spiro atoms. The molecule has 358 valence electrons. The molecule has 67 heavy (non-hydrogen) atoms. The Balaban J connectivity index is 0.000000278. The van der Waals surface area contributed by atoms with E-state index in [2.05, 4.69) is 116 Å². The molecule has 3 heteroatoms. The average Bonchev–Trinajstić information content (AvgIpc) is 3.35. The van der Waals surface area contributed by atoms with Crippen LogP contribution in [0.2, 0.25) is 0 Å². The number of rotatable bonds is 31. The van der Waals surface area contributed by atoms with Crippen molar-refractivity contribution >= 4 is 17.1 Å². The third-order valence-electron chi connectivity index (χ3n) is 13.5. The summed E-state index contributed by atoms with van der Waals surface area (Å²) in [5.74, 6) is 0. The minimum absolute atomic E-state index is 0.830. The summed E-state index contributed by atoms with van der Waals surface area (Å²) in [5, 5.41) is 0. The fraction of sp³-hybridized carbons (Fsp3) is 0.438. The van der Waals surface area contributed by atoms with Crippen LogP contribution in [0.15, 0.2) is 146 Å². The van der Waals surface area contributed by atoms with E-state index in [1.165, 1.54) is 204 Å². The molecule has 6 aromatic carbocycles. The van der Waals surface area contributed by atoms with E-state index in [4.69, 9.17) is 17.2 Å². The fourth-order valence-electron chi connectivity index (χ4n) is 9.15. The molecule has 0 fully saturated rings. The van der Waals surface area contributed by atoms with Gasteiger partial charge in [-0.15, -0.1) is 0 Å². The third-order valence-corrected chi connectivity index (χ3v) is 13.5. The van der Waals surface area contributed by atoms with Crippen LogP contribution in [0, 0.1) is 0 Å². The molecule has 6 rings (SSSR count). The van der Waals surface area contributed by atoms with Crippen molar-refractivity contribution in [1.82, 2.24) is 0 Å². The van der Waals surface area contributed by atoms with Gasteiger partial charge in [-0.25, -0.2) is 0 Å². The summed E-state index contributed by atoms with van der Waals surface area (Å²) in [4.78, 5) is 0.